The number of anilines is 1. The molecule has 4 unspecified atom stereocenters. The quantitative estimate of drug-likeness (QED) is 0.601. The highest BCUT2D eigenvalue weighted by molar-refractivity contribution is 5.54. The molecule has 2 nitrogen and oxygen atoms in total. The molecule has 3 rings (SSSR count). The van der Waals surface area contributed by atoms with E-state index >= 15 is 0 Å². The molecular weight excluding hydrogens is 244 g/mol. The molecule has 4 atom stereocenters. The van der Waals surface area contributed by atoms with E-state index in [4.69, 9.17) is 0 Å². The highest BCUT2D eigenvalue weighted by atomic mass is 15.5. The Morgan fingerprint density at radius 1 is 1.40 bits per heavy atom. The van der Waals surface area contributed by atoms with Crippen LogP contribution in [0.15, 0.2) is 30.4 Å². The van der Waals surface area contributed by atoms with E-state index in [0.717, 1.165) is 43.9 Å². The van der Waals surface area contributed by atoms with E-state index in [0.29, 0.717) is 0 Å². The molecular formula is C18H26N2. The molecule has 1 aromatic carbocycles. The first-order chi connectivity index (χ1) is 9.61. The van der Waals surface area contributed by atoms with Gasteiger partial charge in [-0.05, 0) is 50.3 Å². The summed E-state index contributed by atoms with van der Waals surface area (Å²) < 4.78 is 0. The number of aryl methyl sites for hydroxylation is 2. The van der Waals surface area contributed by atoms with Crippen molar-refractivity contribution in [2.24, 2.45) is 0 Å². The van der Waals surface area contributed by atoms with Crippen LogP contribution in [0, 0.1) is 0 Å². The number of benzene rings is 1. The van der Waals surface area contributed by atoms with Gasteiger partial charge in [-0.2, -0.15) is 0 Å². The summed E-state index contributed by atoms with van der Waals surface area (Å²) in [6.45, 7) is 11.7. The molecule has 0 spiro atoms. The summed E-state index contributed by atoms with van der Waals surface area (Å²) in [6, 6.07) is 9.44. The molecule has 1 N–H and O–H groups in total. The third kappa shape index (κ3) is 2.62. The summed E-state index contributed by atoms with van der Waals surface area (Å²) in [5.41, 5.74) is 5.45. The fraction of sp³-hybridized carbons (Fsp3) is 0.556. The largest absolute Gasteiger partial charge is 0.383 e. The lowest BCUT2D eigenvalue weighted by molar-refractivity contribution is 0.556. The standard InChI is InChI=1S/C18H26N2/c1-5-15-9-8-14(7-6-12(2)3)10-16(15)19-11-17-18-13(4)20(17)18/h8-10,13,17-19H,2,5-7,11H2,1,3-4H3. The van der Waals surface area contributed by atoms with Crippen molar-refractivity contribution in [2.75, 3.05) is 11.9 Å². The lowest BCUT2D eigenvalue weighted by Crippen LogP contribution is -2.23. The van der Waals surface area contributed by atoms with Crippen LogP contribution in [0.4, 0.5) is 5.69 Å². The number of hydrogen-bond acceptors (Lipinski definition) is 2. The Labute approximate surface area is 122 Å². The molecule has 0 saturated carbocycles. The van der Waals surface area contributed by atoms with Crippen molar-refractivity contribution in [1.82, 2.24) is 4.90 Å². The minimum Gasteiger partial charge on any atom is -0.383 e. The van der Waals surface area contributed by atoms with Gasteiger partial charge in [0, 0.05) is 30.4 Å². The fourth-order valence-electron chi connectivity index (χ4n) is 3.29. The summed E-state index contributed by atoms with van der Waals surface area (Å²) >= 11 is 0. The van der Waals surface area contributed by atoms with Gasteiger partial charge in [-0.3, -0.25) is 4.90 Å². The molecule has 2 aliphatic heterocycles. The van der Waals surface area contributed by atoms with Crippen molar-refractivity contribution >= 4 is 5.69 Å². The minimum atomic E-state index is 0.800. The zero-order chi connectivity index (χ0) is 14.3. The van der Waals surface area contributed by atoms with Crippen LogP contribution in [0.1, 0.15) is 38.3 Å². The van der Waals surface area contributed by atoms with E-state index in [2.05, 4.69) is 55.8 Å². The van der Waals surface area contributed by atoms with Crippen molar-refractivity contribution < 1.29 is 0 Å². The molecule has 1 aromatic rings. The first kappa shape index (κ1) is 13.7. The Hall–Kier alpha value is -1.28. The molecule has 0 amide bonds. The predicted molar refractivity (Wildman–Crippen MR) is 86.3 cm³/mol. The van der Waals surface area contributed by atoms with Crippen molar-refractivity contribution in [3.63, 3.8) is 0 Å². The molecule has 2 fully saturated rings. The van der Waals surface area contributed by atoms with Gasteiger partial charge in [-0.15, -0.1) is 6.58 Å². The number of hydrogen-bond donors (Lipinski definition) is 1. The molecule has 20 heavy (non-hydrogen) atoms. The van der Waals surface area contributed by atoms with Gasteiger partial charge in [-0.25, -0.2) is 0 Å². The number of rotatable bonds is 7. The van der Waals surface area contributed by atoms with Gasteiger partial charge in [0.1, 0.15) is 0 Å². The topological polar surface area (TPSA) is 15.0 Å². The zero-order valence-corrected chi connectivity index (χ0v) is 12.9. The van der Waals surface area contributed by atoms with Crippen LogP contribution in [-0.2, 0) is 12.8 Å². The normalized spacial score (nSPS) is 29.8. The second-order valence-electron chi connectivity index (χ2n) is 6.43. The fourth-order valence-corrected chi connectivity index (χ4v) is 3.29. The third-order valence-electron chi connectivity index (χ3n) is 4.80. The maximum atomic E-state index is 3.99. The predicted octanol–water partition coefficient (Wildman–Crippen LogP) is 3.62. The van der Waals surface area contributed by atoms with E-state index in [-0.39, 0.29) is 0 Å². The molecule has 0 bridgehead atoms. The van der Waals surface area contributed by atoms with E-state index in [9.17, 15) is 0 Å². The van der Waals surface area contributed by atoms with Crippen LogP contribution in [-0.4, -0.2) is 29.6 Å². The van der Waals surface area contributed by atoms with Crippen molar-refractivity contribution in [2.45, 2.75) is 58.2 Å². The number of allylic oxidation sites excluding steroid dienone is 1. The molecule has 2 heterocycles. The van der Waals surface area contributed by atoms with E-state index in [1.807, 2.05) is 0 Å². The third-order valence-corrected chi connectivity index (χ3v) is 4.80. The number of fused-ring (bicyclic) bond motifs is 1. The summed E-state index contributed by atoms with van der Waals surface area (Å²) in [7, 11) is 0. The van der Waals surface area contributed by atoms with Crippen molar-refractivity contribution in [1.29, 1.82) is 0 Å². The van der Waals surface area contributed by atoms with E-state index < -0.39 is 0 Å². The second-order valence-corrected chi connectivity index (χ2v) is 6.43. The minimum absolute atomic E-state index is 0.800. The van der Waals surface area contributed by atoms with Crippen LogP contribution in [0.2, 0.25) is 0 Å². The highest BCUT2D eigenvalue weighted by Gasteiger charge is 2.68. The lowest BCUT2D eigenvalue weighted by Gasteiger charge is -2.15. The zero-order valence-electron chi connectivity index (χ0n) is 12.9. The Balaban J connectivity index is 1.60. The Morgan fingerprint density at radius 2 is 2.15 bits per heavy atom. The second kappa shape index (κ2) is 5.25. The van der Waals surface area contributed by atoms with Crippen molar-refractivity contribution in [3.05, 3.63) is 41.5 Å². The van der Waals surface area contributed by atoms with Crippen LogP contribution < -0.4 is 5.32 Å². The average Bonchev–Trinajstić information content (AvgIpc) is 3.32. The molecule has 0 aliphatic carbocycles. The van der Waals surface area contributed by atoms with E-state index in [1.165, 1.54) is 22.4 Å². The van der Waals surface area contributed by atoms with E-state index in [1.54, 1.807) is 0 Å². The Bertz CT molecular complexity index is 510. The summed E-state index contributed by atoms with van der Waals surface area (Å²) in [5, 5.41) is 3.67. The first-order valence-electron chi connectivity index (χ1n) is 7.89. The maximum absolute atomic E-state index is 3.99. The van der Waals surface area contributed by atoms with Crippen LogP contribution in [0.5, 0.6) is 0 Å². The number of nitrogens with zero attached hydrogens (tertiary/aromatic N) is 1. The molecule has 0 radical (unpaired) electrons. The molecule has 108 valence electrons. The summed E-state index contributed by atoms with van der Waals surface area (Å²) in [5.74, 6) is 0. The smallest absolute Gasteiger partial charge is 0.0447 e. The summed E-state index contributed by atoms with van der Waals surface area (Å²) in [4.78, 5) is 2.57. The van der Waals surface area contributed by atoms with Gasteiger partial charge >= 0.3 is 0 Å². The van der Waals surface area contributed by atoms with Crippen LogP contribution >= 0.6 is 0 Å². The maximum Gasteiger partial charge on any atom is 0.0447 e. The van der Waals surface area contributed by atoms with Crippen LogP contribution in [0.3, 0.4) is 0 Å². The van der Waals surface area contributed by atoms with Gasteiger partial charge in [0.05, 0.1) is 0 Å². The molecule has 2 saturated heterocycles. The van der Waals surface area contributed by atoms with Gasteiger partial charge in [0.15, 0.2) is 0 Å². The SMILES string of the molecule is C=C(C)CCc1ccc(CC)c(NCC2C3C(C)N23)c1. The molecule has 0 aromatic heterocycles. The van der Waals surface area contributed by atoms with Crippen molar-refractivity contribution in [3.8, 4) is 0 Å². The molecule has 2 aliphatic rings. The first-order valence-corrected chi connectivity index (χ1v) is 7.89. The Morgan fingerprint density at radius 3 is 2.75 bits per heavy atom. The average molecular weight is 270 g/mol. The Kier molecular flexibility index (Phi) is 3.59. The van der Waals surface area contributed by atoms with Crippen LogP contribution in [0.25, 0.3) is 0 Å². The lowest BCUT2D eigenvalue weighted by atomic mass is 10.0. The highest BCUT2D eigenvalue weighted by Crippen LogP contribution is 2.50. The van der Waals surface area contributed by atoms with Gasteiger partial charge in [0.2, 0.25) is 0 Å². The number of nitrogens with one attached hydrogen (secondary N) is 1. The van der Waals surface area contributed by atoms with Gasteiger partial charge < -0.3 is 5.32 Å². The monoisotopic (exact) mass is 270 g/mol. The van der Waals surface area contributed by atoms with Gasteiger partial charge in [-0.1, -0.05) is 24.6 Å². The molecule has 2 heteroatoms. The summed E-state index contributed by atoms with van der Waals surface area (Å²) in [6.07, 6.45) is 3.28. The van der Waals surface area contributed by atoms with Gasteiger partial charge in [0.25, 0.3) is 0 Å².